The molecule has 1 aromatic carbocycles. The molecule has 0 bridgehead atoms. The van der Waals surface area contributed by atoms with Gasteiger partial charge >= 0.3 is 11.9 Å². The summed E-state index contributed by atoms with van der Waals surface area (Å²) in [6.07, 6.45) is 1.86. The molecule has 0 aliphatic carbocycles. The van der Waals surface area contributed by atoms with E-state index in [9.17, 15) is 9.59 Å². The number of aromatic carboxylic acids is 1. The second-order valence-electron chi connectivity index (χ2n) is 4.41. The third-order valence-electron chi connectivity index (χ3n) is 3.02. The maximum absolute atomic E-state index is 11.1. The Balaban J connectivity index is 2.96. The molecule has 5 nitrogen and oxygen atoms in total. The molecule has 1 unspecified atom stereocenters. The second kappa shape index (κ2) is 6.78. The van der Waals surface area contributed by atoms with Gasteiger partial charge in [0.1, 0.15) is 6.04 Å². The van der Waals surface area contributed by atoms with Gasteiger partial charge in [-0.15, -0.1) is 0 Å². The van der Waals surface area contributed by atoms with Crippen LogP contribution in [0.2, 0.25) is 0 Å². The molecule has 0 fully saturated rings. The van der Waals surface area contributed by atoms with Crippen LogP contribution in [0.5, 0.6) is 0 Å². The highest BCUT2D eigenvalue weighted by atomic mass is 16.4. The summed E-state index contributed by atoms with van der Waals surface area (Å²) in [4.78, 5) is 23.7. The molecule has 1 aromatic rings. The summed E-state index contributed by atoms with van der Waals surface area (Å²) in [5.74, 6) is -1.88. The van der Waals surface area contributed by atoms with Crippen LogP contribution in [0.4, 0.5) is 5.69 Å². The number of benzene rings is 1. The number of carbonyl (C=O) groups is 2. The summed E-state index contributed by atoms with van der Waals surface area (Å²) in [5, 5.41) is 18.0. The van der Waals surface area contributed by atoms with Gasteiger partial charge < -0.3 is 15.1 Å². The Hall–Kier alpha value is -2.04. The van der Waals surface area contributed by atoms with Crippen LogP contribution in [0, 0.1) is 0 Å². The summed E-state index contributed by atoms with van der Waals surface area (Å²) in [6.45, 7) is 4.30. The molecule has 0 radical (unpaired) electrons. The van der Waals surface area contributed by atoms with E-state index < -0.39 is 18.0 Å². The number of anilines is 1. The van der Waals surface area contributed by atoms with Crippen LogP contribution in [-0.2, 0) is 4.79 Å². The van der Waals surface area contributed by atoms with Gasteiger partial charge in [-0.25, -0.2) is 9.59 Å². The molecule has 104 valence electrons. The topological polar surface area (TPSA) is 77.8 Å². The number of unbranched alkanes of at least 4 members (excludes halogenated alkanes) is 1. The maximum Gasteiger partial charge on any atom is 0.335 e. The number of carboxylic acid groups (broad SMARTS) is 2. The number of rotatable bonds is 7. The Morgan fingerprint density at radius 1 is 1.21 bits per heavy atom. The van der Waals surface area contributed by atoms with E-state index in [0.29, 0.717) is 6.54 Å². The molecule has 1 atom stereocenters. The van der Waals surface area contributed by atoms with Gasteiger partial charge in [0.15, 0.2) is 0 Å². The van der Waals surface area contributed by atoms with Crippen molar-refractivity contribution in [3.05, 3.63) is 29.8 Å². The van der Waals surface area contributed by atoms with Gasteiger partial charge in [-0.3, -0.25) is 0 Å². The number of hydrogen-bond donors (Lipinski definition) is 2. The lowest BCUT2D eigenvalue weighted by atomic mass is 10.1. The van der Waals surface area contributed by atoms with E-state index >= 15 is 0 Å². The van der Waals surface area contributed by atoms with Gasteiger partial charge in [0.2, 0.25) is 0 Å². The Kier molecular flexibility index (Phi) is 5.36. The minimum Gasteiger partial charge on any atom is -0.480 e. The molecule has 0 amide bonds. The van der Waals surface area contributed by atoms with E-state index in [1.807, 2.05) is 6.92 Å². The molecule has 0 heterocycles. The van der Waals surface area contributed by atoms with Crippen LogP contribution < -0.4 is 4.90 Å². The van der Waals surface area contributed by atoms with E-state index in [-0.39, 0.29) is 5.56 Å². The van der Waals surface area contributed by atoms with Crippen molar-refractivity contribution in [2.24, 2.45) is 0 Å². The smallest absolute Gasteiger partial charge is 0.335 e. The highest BCUT2D eigenvalue weighted by molar-refractivity contribution is 5.88. The van der Waals surface area contributed by atoms with Crippen molar-refractivity contribution in [2.75, 3.05) is 11.4 Å². The summed E-state index contributed by atoms with van der Waals surface area (Å²) < 4.78 is 0. The standard InChI is InChI=1S/C14H19NO4/c1-3-4-9-15(10(2)13(16)17)12-7-5-11(6-8-12)14(18)19/h5-8,10H,3-4,9H2,1-2H3,(H,16,17)(H,18,19). The highest BCUT2D eigenvalue weighted by Gasteiger charge is 2.20. The van der Waals surface area contributed by atoms with Crippen LogP contribution in [-0.4, -0.2) is 34.7 Å². The molecule has 0 aromatic heterocycles. The molecular weight excluding hydrogens is 246 g/mol. The van der Waals surface area contributed by atoms with E-state index in [1.54, 1.807) is 24.0 Å². The van der Waals surface area contributed by atoms with Crippen LogP contribution in [0.15, 0.2) is 24.3 Å². The minimum atomic E-state index is -0.988. The van der Waals surface area contributed by atoms with Crippen LogP contribution in [0.3, 0.4) is 0 Å². The lowest BCUT2D eigenvalue weighted by Gasteiger charge is -2.28. The van der Waals surface area contributed by atoms with Crippen LogP contribution >= 0.6 is 0 Å². The maximum atomic E-state index is 11.1. The van der Waals surface area contributed by atoms with Crippen molar-refractivity contribution < 1.29 is 19.8 Å². The number of nitrogens with zero attached hydrogens (tertiary/aromatic N) is 1. The fraction of sp³-hybridized carbons (Fsp3) is 0.429. The summed E-state index contributed by atoms with van der Waals surface area (Å²) in [7, 11) is 0. The van der Waals surface area contributed by atoms with Crippen molar-refractivity contribution >= 4 is 17.6 Å². The van der Waals surface area contributed by atoms with E-state index in [4.69, 9.17) is 10.2 Å². The van der Waals surface area contributed by atoms with Gasteiger partial charge in [0.05, 0.1) is 5.56 Å². The van der Waals surface area contributed by atoms with Gasteiger partial charge in [-0.1, -0.05) is 13.3 Å². The van der Waals surface area contributed by atoms with E-state index in [1.165, 1.54) is 12.1 Å². The predicted octanol–water partition coefficient (Wildman–Crippen LogP) is 2.46. The van der Waals surface area contributed by atoms with Gasteiger partial charge in [-0.2, -0.15) is 0 Å². The fourth-order valence-corrected chi connectivity index (χ4v) is 1.80. The van der Waals surface area contributed by atoms with Crippen LogP contribution in [0.25, 0.3) is 0 Å². The molecule has 2 N–H and O–H groups in total. The van der Waals surface area contributed by atoms with Crippen LogP contribution in [0.1, 0.15) is 37.0 Å². The first-order chi connectivity index (χ1) is 8.97. The zero-order chi connectivity index (χ0) is 14.4. The molecule has 0 spiro atoms. The van der Waals surface area contributed by atoms with Gasteiger partial charge in [0, 0.05) is 12.2 Å². The van der Waals surface area contributed by atoms with Crippen molar-refractivity contribution in [3.8, 4) is 0 Å². The Morgan fingerprint density at radius 2 is 1.79 bits per heavy atom. The zero-order valence-corrected chi connectivity index (χ0v) is 11.2. The van der Waals surface area contributed by atoms with E-state index in [0.717, 1.165) is 18.5 Å². The molecule has 19 heavy (non-hydrogen) atoms. The molecule has 0 saturated heterocycles. The van der Waals surface area contributed by atoms with Gasteiger partial charge in [0.25, 0.3) is 0 Å². The zero-order valence-electron chi connectivity index (χ0n) is 11.2. The number of aliphatic carboxylic acids is 1. The monoisotopic (exact) mass is 265 g/mol. The minimum absolute atomic E-state index is 0.196. The predicted molar refractivity (Wildman–Crippen MR) is 72.8 cm³/mol. The summed E-state index contributed by atoms with van der Waals surface area (Å²) in [5.41, 5.74) is 0.926. The van der Waals surface area contributed by atoms with Gasteiger partial charge in [-0.05, 0) is 37.6 Å². The Labute approximate surface area is 112 Å². The molecule has 0 aliphatic heterocycles. The van der Waals surface area contributed by atoms with Crippen molar-refractivity contribution in [2.45, 2.75) is 32.7 Å². The van der Waals surface area contributed by atoms with Crippen molar-refractivity contribution in [1.29, 1.82) is 0 Å². The van der Waals surface area contributed by atoms with Crippen molar-refractivity contribution in [1.82, 2.24) is 0 Å². The van der Waals surface area contributed by atoms with E-state index in [2.05, 4.69) is 0 Å². The lowest BCUT2D eigenvalue weighted by molar-refractivity contribution is -0.138. The molecular formula is C14H19NO4. The average molecular weight is 265 g/mol. The quantitative estimate of drug-likeness (QED) is 0.791. The summed E-state index contributed by atoms with van der Waals surface area (Å²) >= 11 is 0. The normalized spacial score (nSPS) is 11.9. The molecule has 0 aliphatic rings. The number of carboxylic acids is 2. The molecule has 5 heteroatoms. The first-order valence-electron chi connectivity index (χ1n) is 6.30. The fourth-order valence-electron chi connectivity index (χ4n) is 1.80. The highest BCUT2D eigenvalue weighted by Crippen LogP contribution is 2.19. The van der Waals surface area contributed by atoms with Crippen molar-refractivity contribution in [3.63, 3.8) is 0 Å². The third-order valence-corrected chi connectivity index (χ3v) is 3.02. The molecule has 0 saturated carbocycles. The largest absolute Gasteiger partial charge is 0.480 e. The third kappa shape index (κ3) is 3.98. The summed E-state index contributed by atoms with van der Waals surface area (Å²) in [6, 6.07) is 5.65. The SMILES string of the molecule is CCCCN(c1ccc(C(=O)O)cc1)C(C)C(=O)O. The number of hydrogen-bond acceptors (Lipinski definition) is 3. The Bertz CT molecular complexity index is 441. The lowest BCUT2D eigenvalue weighted by Crippen LogP contribution is -2.39. The first kappa shape index (κ1) is 15.0. The Morgan fingerprint density at radius 3 is 2.21 bits per heavy atom. The average Bonchev–Trinajstić information content (AvgIpc) is 2.39. The second-order valence-corrected chi connectivity index (χ2v) is 4.41. The first-order valence-corrected chi connectivity index (χ1v) is 6.30. The molecule has 1 rings (SSSR count).